The summed E-state index contributed by atoms with van der Waals surface area (Å²) in [6.07, 6.45) is 1.48. The van der Waals surface area contributed by atoms with Gasteiger partial charge in [-0.15, -0.1) is 0 Å². The van der Waals surface area contributed by atoms with Gasteiger partial charge in [0.2, 0.25) is 0 Å². The number of carbonyl (C=O) groups is 2. The molecule has 1 amide bonds. The molecule has 2 aromatic carbocycles. The second-order valence-corrected chi connectivity index (χ2v) is 8.57. The van der Waals surface area contributed by atoms with E-state index in [0.29, 0.717) is 11.4 Å². The lowest BCUT2D eigenvalue weighted by atomic mass is 10.1. The molecule has 0 spiro atoms. The van der Waals surface area contributed by atoms with Crippen molar-refractivity contribution in [2.75, 3.05) is 11.3 Å². The van der Waals surface area contributed by atoms with E-state index in [9.17, 15) is 18.0 Å². The third-order valence-electron chi connectivity index (χ3n) is 4.38. The molecule has 8 nitrogen and oxygen atoms in total. The van der Waals surface area contributed by atoms with Crippen LogP contribution in [0.5, 0.6) is 0 Å². The standard InChI is InChI=1S/C22H22N2O6S/c1-15-8-9-20(16(2)11-15)24-31(27,28)19-7-3-5-17(12-19)22(26)30-14-21(25)23-13-18-6-4-10-29-18/h3-12,24H,13-14H2,1-2H3,(H,23,25). The van der Waals surface area contributed by atoms with Crippen molar-refractivity contribution in [1.82, 2.24) is 5.32 Å². The summed E-state index contributed by atoms with van der Waals surface area (Å²) in [6.45, 7) is 3.38. The van der Waals surface area contributed by atoms with Crippen molar-refractivity contribution in [3.8, 4) is 0 Å². The number of sulfonamides is 1. The van der Waals surface area contributed by atoms with Gasteiger partial charge in [-0.1, -0.05) is 23.8 Å². The topological polar surface area (TPSA) is 115 Å². The van der Waals surface area contributed by atoms with E-state index in [-0.39, 0.29) is 17.0 Å². The number of ether oxygens (including phenoxy) is 1. The van der Waals surface area contributed by atoms with E-state index >= 15 is 0 Å². The second-order valence-electron chi connectivity index (χ2n) is 6.88. The fourth-order valence-electron chi connectivity index (χ4n) is 2.79. The molecule has 162 valence electrons. The number of furan rings is 1. The van der Waals surface area contributed by atoms with Gasteiger partial charge in [0.05, 0.1) is 29.0 Å². The Balaban J connectivity index is 1.63. The minimum absolute atomic E-state index is 0.0161. The monoisotopic (exact) mass is 442 g/mol. The summed E-state index contributed by atoms with van der Waals surface area (Å²) >= 11 is 0. The predicted octanol–water partition coefficient (Wildman–Crippen LogP) is 3.17. The number of carbonyl (C=O) groups excluding carboxylic acids is 2. The second kappa shape index (κ2) is 9.48. The molecule has 1 heterocycles. The first kappa shape index (κ1) is 22.1. The maximum Gasteiger partial charge on any atom is 0.338 e. The van der Waals surface area contributed by atoms with Crippen LogP contribution in [0, 0.1) is 13.8 Å². The third kappa shape index (κ3) is 5.95. The molecule has 0 atom stereocenters. The third-order valence-corrected chi connectivity index (χ3v) is 5.74. The highest BCUT2D eigenvalue weighted by Gasteiger charge is 2.18. The number of rotatable bonds is 8. The molecule has 9 heteroatoms. The van der Waals surface area contributed by atoms with Gasteiger partial charge in [0.15, 0.2) is 6.61 Å². The van der Waals surface area contributed by atoms with Crippen LogP contribution >= 0.6 is 0 Å². The highest BCUT2D eigenvalue weighted by Crippen LogP contribution is 2.21. The van der Waals surface area contributed by atoms with Crippen LogP contribution in [0.15, 0.2) is 70.2 Å². The highest BCUT2D eigenvalue weighted by molar-refractivity contribution is 7.92. The Morgan fingerprint density at radius 1 is 1.03 bits per heavy atom. The fraction of sp³-hybridized carbons (Fsp3) is 0.182. The summed E-state index contributed by atoms with van der Waals surface area (Å²) in [5, 5.41) is 2.55. The van der Waals surface area contributed by atoms with Gasteiger partial charge in [-0.2, -0.15) is 0 Å². The largest absolute Gasteiger partial charge is 0.467 e. The Bertz CT molecular complexity index is 1190. The SMILES string of the molecule is Cc1ccc(NS(=O)(=O)c2cccc(C(=O)OCC(=O)NCc3ccco3)c2)c(C)c1. The number of benzene rings is 2. The van der Waals surface area contributed by atoms with Crippen LogP contribution in [0.25, 0.3) is 0 Å². The average molecular weight is 442 g/mol. The zero-order valence-electron chi connectivity index (χ0n) is 17.0. The van der Waals surface area contributed by atoms with Gasteiger partial charge in [-0.3, -0.25) is 9.52 Å². The predicted molar refractivity (Wildman–Crippen MR) is 114 cm³/mol. The Hall–Kier alpha value is -3.59. The van der Waals surface area contributed by atoms with Crippen LogP contribution in [0.2, 0.25) is 0 Å². The lowest BCUT2D eigenvalue weighted by Gasteiger charge is -2.12. The van der Waals surface area contributed by atoms with Crippen molar-refractivity contribution in [2.45, 2.75) is 25.3 Å². The van der Waals surface area contributed by atoms with Crippen LogP contribution in [0.1, 0.15) is 27.2 Å². The molecule has 0 radical (unpaired) electrons. The number of aryl methyl sites for hydroxylation is 2. The van der Waals surface area contributed by atoms with E-state index in [1.54, 1.807) is 31.2 Å². The number of nitrogens with one attached hydrogen (secondary N) is 2. The van der Waals surface area contributed by atoms with Crippen LogP contribution in [0.4, 0.5) is 5.69 Å². The van der Waals surface area contributed by atoms with E-state index < -0.39 is 28.5 Å². The number of hydrogen-bond acceptors (Lipinski definition) is 6. The zero-order chi connectivity index (χ0) is 22.4. The van der Waals surface area contributed by atoms with Gasteiger partial charge in [0, 0.05) is 0 Å². The van der Waals surface area contributed by atoms with Crippen molar-refractivity contribution in [3.05, 3.63) is 83.3 Å². The number of hydrogen-bond donors (Lipinski definition) is 2. The highest BCUT2D eigenvalue weighted by atomic mass is 32.2. The van der Waals surface area contributed by atoms with Gasteiger partial charge >= 0.3 is 5.97 Å². The zero-order valence-corrected chi connectivity index (χ0v) is 17.9. The van der Waals surface area contributed by atoms with Crippen LogP contribution in [-0.4, -0.2) is 26.9 Å². The molecule has 0 saturated heterocycles. The lowest BCUT2D eigenvalue weighted by molar-refractivity contribution is -0.124. The smallest absolute Gasteiger partial charge is 0.338 e. The first-order chi connectivity index (χ1) is 14.7. The molecule has 0 aliphatic heterocycles. The van der Waals surface area contributed by atoms with E-state index in [0.717, 1.165) is 11.1 Å². The molecule has 0 unspecified atom stereocenters. The Morgan fingerprint density at radius 3 is 2.55 bits per heavy atom. The van der Waals surface area contributed by atoms with E-state index in [1.807, 2.05) is 13.0 Å². The van der Waals surface area contributed by atoms with Gasteiger partial charge in [0.25, 0.3) is 15.9 Å². The summed E-state index contributed by atoms with van der Waals surface area (Å²) in [5.41, 5.74) is 2.26. The first-order valence-electron chi connectivity index (χ1n) is 9.41. The maximum atomic E-state index is 12.7. The number of anilines is 1. The summed E-state index contributed by atoms with van der Waals surface area (Å²) in [4.78, 5) is 24.0. The van der Waals surface area contributed by atoms with Gasteiger partial charge in [-0.25, -0.2) is 13.2 Å². The molecular weight excluding hydrogens is 420 g/mol. The van der Waals surface area contributed by atoms with E-state index in [2.05, 4.69) is 10.0 Å². The quantitative estimate of drug-likeness (QED) is 0.518. The molecule has 2 N–H and O–H groups in total. The van der Waals surface area contributed by atoms with E-state index in [1.165, 1.54) is 30.5 Å². The van der Waals surface area contributed by atoms with Gasteiger partial charge < -0.3 is 14.5 Å². The Morgan fingerprint density at radius 2 is 1.84 bits per heavy atom. The molecule has 0 bridgehead atoms. The van der Waals surface area contributed by atoms with Crippen LogP contribution in [-0.2, 0) is 26.1 Å². The maximum absolute atomic E-state index is 12.7. The van der Waals surface area contributed by atoms with Gasteiger partial charge in [0.1, 0.15) is 5.76 Å². The van der Waals surface area contributed by atoms with Crippen molar-refractivity contribution < 1.29 is 27.2 Å². The summed E-state index contributed by atoms with van der Waals surface area (Å²) in [5.74, 6) is -0.754. The normalized spacial score (nSPS) is 11.0. The van der Waals surface area contributed by atoms with Crippen LogP contribution in [0.3, 0.4) is 0 Å². The van der Waals surface area contributed by atoms with Gasteiger partial charge in [-0.05, 0) is 55.8 Å². The summed E-state index contributed by atoms with van der Waals surface area (Å²) in [6, 6.07) is 14.2. The molecule has 0 aliphatic carbocycles. The summed E-state index contributed by atoms with van der Waals surface area (Å²) in [7, 11) is -3.92. The van der Waals surface area contributed by atoms with Crippen molar-refractivity contribution in [2.24, 2.45) is 0 Å². The Labute approximate surface area is 180 Å². The molecule has 1 aromatic heterocycles. The van der Waals surface area contributed by atoms with Crippen LogP contribution < -0.4 is 10.0 Å². The summed E-state index contributed by atoms with van der Waals surface area (Å²) < 4.78 is 38.1. The molecule has 3 aromatic rings. The van der Waals surface area contributed by atoms with E-state index in [4.69, 9.17) is 9.15 Å². The Kier molecular flexibility index (Phi) is 6.76. The molecular formula is C22H22N2O6S. The lowest BCUT2D eigenvalue weighted by Crippen LogP contribution is -2.28. The molecule has 0 saturated carbocycles. The molecule has 0 fully saturated rings. The van der Waals surface area contributed by atoms with Crippen molar-refractivity contribution in [3.63, 3.8) is 0 Å². The van der Waals surface area contributed by atoms with Crippen molar-refractivity contribution in [1.29, 1.82) is 0 Å². The molecule has 31 heavy (non-hydrogen) atoms. The molecule has 3 rings (SSSR count). The minimum atomic E-state index is -3.92. The first-order valence-corrected chi connectivity index (χ1v) is 10.9. The fourth-order valence-corrected chi connectivity index (χ4v) is 3.96. The average Bonchev–Trinajstić information content (AvgIpc) is 3.26. The van der Waals surface area contributed by atoms with Crippen molar-refractivity contribution >= 4 is 27.6 Å². The number of esters is 1. The number of amides is 1. The molecule has 0 aliphatic rings. The minimum Gasteiger partial charge on any atom is -0.467 e.